The van der Waals surface area contributed by atoms with E-state index in [9.17, 15) is 14.0 Å². The molecule has 5 nitrogen and oxygen atoms in total. The van der Waals surface area contributed by atoms with Gasteiger partial charge in [0.1, 0.15) is 11.9 Å². The number of fused-ring (bicyclic) bond motifs is 1. The van der Waals surface area contributed by atoms with Crippen molar-refractivity contribution in [2.24, 2.45) is 0 Å². The largest absolute Gasteiger partial charge is 0.348 e. The number of halogens is 1. The van der Waals surface area contributed by atoms with Gasteiger partial charge in [-0.1, -0.05) is 62.4 Å². The number of amides is 2. The number of hydrogen-bond acceptors (Lipinski definition) is 2. The molecular formula is C28H32FN3O2. The Morgan fingerprint density at radius 1 is 1.00 bits per heavy atom. The molecule has 6 heteroatoms. The molecule has 0 bridgehead atoms. The molecule has 1 aromatic heterocycles. The Balaban J connectivity index is 1.61. The third kappa shape index (κ3) is 4.76. The lowest BCUT2D eigenvalue weighted by Crippen LogP contribution is -2.49. The molecule has 178 valence electrons. The van der Waals surface area contributed by atoms with E-state index in [0.29, 0.717) is 31.6 Å². The second kappa shape index (κ2) is 10.7. The third-order valence-corrected chi connectivity index (χ3v) is 6.60. The molecule has 4 rings (SSSR count). The van der Waals surface area contributed by atoms with Crippen molar-refractivity contribution < 1.29 is 14.0 Å². The first kappa shape index (κ1) is 23.7. The summed E-state index contributed by atoms with van der Waals surface area (Å²) >= 11 is 0. The van der Waals surface area contributed by atoms with Crippen molar-refractivity contribution >= 4 is 11.8 Å². The molecule has 1 aliphatic heterocycles. The van der Waals surface area contributed by atoms with Crippen LogP contribution in [-0.4, -0.2) is 45.8 Å². The van der Waals surface area contributed by atoms with Gasteiger partial charge in [-0.3, -0.25) is 9.59 Å². The summed E-state index contributed by atoms with van der Waals surface area (Å²) in [6, 6.07) is 19.7. The minimum atomic E-state index is -0.521. The maximum absolute atomic E-state index is 14.9. The molecule has 2 amide bonds. The summed E-state index contributed by atoms with van der Waals surface area (Å²) in [5.41, 5.74) is 2.32. The molecule has 1 aliphatic rings. The summed E-state index contributed by atoms with van der Waals surface area (Å²) in [6.45, 7) is 5.59. The number of hydrogen-bond donors (Lipinski definition) is 0. The van der Waals surface area contributed by atoms with Crippen LogP contribution in [0.3, 0.4) is 0 Å². The first-order chi connectivity index (χ1) is 16.5. The maximum Gasteiger partial charge on any atom is 0.243 e. The van der Waals surface area contributed by atoms with E-state index in [1.807, 2.05) is 62.5 Å². The van der Waals surface area contributed by atoms with E-state index in [1.54, 1.807) is 28.0 Å². The maximum atomic E-state index is 14.9. The Kier molecular flexibility index (Phi) is 7.46. The summed E-state index contributed by atoms with van der Waals surface area (Å²) in [5, 5.41) is 0. The minimum absolute atomic E-state index is 0.0122. The Morgan fingerprint density at radius 3 is 2.44 bits per heavy atom. The number of nitrogens with zero attached hydrogens (tertiary/aromatic N) is 3. The van der Waals surface area contributed by atoms with Crippen molar-refractivity contribution in [3.8, 4) is 0 Å². The molecule has 2 aromatic carbocycles. The van der Waals surface area contributed by atoms with Crippen LogP contribution in [-0.2, 0) is 16.1 Å². The van der Waals surface area contributed by atoms with E-state index < -0.39 is 6.04 Å². The van der Waals surface area contributed by atoms with Crippen molar-refractivity contribution in [1.82, 2.24) is 14.4 Å². The molecule has 0 radical (unpaired) electrons. The van der Waals surface area contributed by atoms with Gasteiger partial charge in [0.2, 0.25) is 11.8 Å². The lowest BCUT2D eigenvalue weighted by atomic mass is 9.94. The lowest BCUT2D eigenvalue weighted by molar-refractivity contribution is -0.143. The van der Waals surface area contributed by atoms with Gasteiger partial charge in [-0.05, 0) is 36.6 Å². The van der Waals surface area contributed by atoms with Crippen LogP contribution in [0.25, 0.3) is 0 Å². The summed E-state index contributed by atoms with van der Waals surface area (Å²) in [4.78, 5) is 30.6. The first-order valence-corrected chi connectivity index (χ1v) is 12.1. The zero-order valence-corrected chi connectivity index (χ0v) is 19.9. The number of rotatable bonds is 8. The van der Waals surface area contributed by atoms with Crippen molar-refractivity contribution in [3.63, 3.8) is 0 Å². The molecule has 2 atom stereocenters. The average Bonchev–Trinajstić information content (AvgIpc) is 3.34. The van der Waals surface area contributed by atoms with Crippen LogP contribution in [0.5, 0.6) is 0 Å². The van der Waals surface area contributed by atoms with E-state index in [1.165, 1.54) is 6.07 Å². The summed E-state index contributed by atoms with van der Waals surface area (Å²) in [6.07, 6.45) is 3.37. The number of benzene rings is 2. The van der Waals surface area contributed by atoms with E-state index in [-0.39, 0.29) is 30.1 Å². The molecule has 0 fully saturated rings. The van der Waals surface area contributed by atoms with Crippen LogP contribution in [0.2, 0.25) is 0 Å². The van der Waals surface area contributed by atoms with E-state index in [0.717, 1.165) is 17.7 Å². The summed E-state index contributed by atoms with van der Waals surface area (Å²) < 4.78 is 16.9. The average molecular weight is 462 g/mol. The van der Waals surface area contributed by atoms with Gasteiger partial charge < -0.3 is 14.4 Å². The van der Waals surface area contributed by atoms with Gasteiger partial charge in [-0.25, -0.2) is 4.39 Å². The van der Waals surface area contributed by atoms with E-state index in [4.69, 9.17) is 0 Å². The van der Waals surface area contributed by atoms with Crippen molar-refractivity contribution in [2.75, 3.05) is 19.6 Å². The highest BCUT2D eigenvalue weighted by molar-refractivity contribution is 5.89. The van der Waals surface area contributed by atoms with Crippen molar-refractivity contribution in [1.29, 1.82) is 0 Å². The van der Waals surface area contributed by atoms with Gasteiger partial charge in [-0.15, -0.1) is 0 Å². The third-order valence-electron chi connectivity index (χ3n) is 6.60. The molecule has 0 aliphatic carbocycles. The Labute approximate surface area is 200 Å². The molecule has 0 saturated heterocycles. The van der Waals surface area contributed by atoms with Crippen LogP contribution in [0, 0.1) is 5.82 Å². The number of aromatic nitrogens is 1. The zero-order chi connectivity index (χ0) is 24.1. The quantitative estimate of drug-likeness (QED) is 0.474. The van der Waals surface area contributed by atoms with Crippen LogP contribution < -0.4 is 0 Å². The van der Waals surface area contributed by atoms with E-state index in [2.05, 4.69) is 4.57 Å². The Bertz CT molecular complexity index is 1130. The van der Waals surface area contributed by atoms with Crippen LogP contribution in [0.4, 0.5) is 4.39 Å². The second-order valence-electron chi connectivity index (χ2n) is 8.77. The highest BCUT2D eigenvalue weighted by Gasteiger charge is 2.35. The topological polar surface area (TPSA) is 45.6 Å². The zero-order valence-electron chi connectivity index (χ0n) is 19.9. The summed E-state index contributed by atoms with van der Waals surface area (Å²) in [5.74, 6) is -0.824. The number of carbonyl (C=O) groups excluding carboxylic acids is 2. The standard InChI is InChI=1S/C28H32FN3O2/c1-3-16-31(28(34)22(4-2)21-11-6-5-7-12-21)20-26(33)32-19-18-30-17-10-15-25(30)27(32)23-13-8-9-14-24(23)29/h5-15,17,22,27H,3-4,16,18-20H2,1-2H3. The highest BCUT2D eigenvalue weighted by Crippen LogP contribution is 2.34. The molecule has 2 unspecified atom stereocenters. The lowest BCUT2D eigenvalue weighted by Gasteiger charge is -2.39. The van der Waals surface area contributed by atoms with Crippen LogP contribution in [0.1, 0.15) is 55.5 Å². The Hall–Kier alpha value is -3.41. The van der Waals surface area contributed by atoms with Crippen molar-refractivity contribution in [2.45, 2.75) is 45.2 Å². The van der Waals surface area contributed by atoms with Gasteiger partial charge in [0.05, 0.1) is 12.5 Å². The van der Waals surface area contributed by atoms with E-state index >= 15 is 0 Å². The molecule has 3 aromatic rings. The van der Waals surface area contributed by atoms with Gasteiger partial charge in [0, 0.05) is 37.1 Å². The normalized spacial score (nSPS) is 16.1. The van der Waals surface area contributed by atoms with Gasteiger partial charge in [-0.2, -0.15) is 0 Å². The minimum Gasteiger partial charge on any atom is -0.348 e. The second-order valence-corrected chi connectivity index (χ2v) is 8.77. The predicted molar refractivity (Wildman–Crippen MR) is 131 cm³/mol. The molecule has 2 heterocycles. The smallest absolute Gasteiger partial charge is 0.243 e. The Morgan fingerprint density at radius 2 is 1.74 bits per heavy atom. The first-order valence-electron chi connectivity index (χ1n) is 12.1. The SMILES string of the molecule is CCCN(CC(=O)N1CCn2cccc2C1c1ccccc1F)C(=O)C(CC)c1ccccc1. The predicted octanol–water partition coefficient (Wildman–Crippen LogP) is 4.99. The van der Waals surface area contributed by atoms with Crippen LogP contribution >= 0.6 is 0 Å². The highest BCUT2D eigenvalue weighted by atomic mass is 19.1. The summed E-state index contributed by atoms with van der Waals surface area (Å²) in [7, 11) is 0. The van der Waals surface area contributed by atoms with Gasteiger partial charge >= 0.3 is 0 Å². The van der Waals surface area contributed by atoms with Crippen LogP contribution in [0.15, 0.2) is 72.9 Å². The van der Waals surface area contributed by atoms with Gasteiger partial charge in [0.25, 0.3) is 0 Å². The fraction of sp³-hybridized carbons (Fsp3) is 0.357. The monoisotopic (exact) mass is 461 g/mol. The molecule has 34 heavy (non-hydrogen) atoms. The molecule has 0 N–H and O–H groups in total. The molecule has 0 spiro atoms. The molecular weight excluding hydrogens is 429 g/mol. The fourth-order valence-electron chi connectivity index (χ4n) is 4.93. The molecule has 0 saturated carbocycles. The number of carbonyl (C=O) groups is 2. The van der Waals surface area contributed by atoms with Crippen molar-refractivity contribution in [3.05, 3.63) is 95.6 Å². The fourth-order valence-corrected chi connectivity index (χ4v) is 4.93. The van der Waals surface area contributed by atoms with Gasteiger partial charge in [0.15, 0.2) is 0 Å².